The summed E-state index contributed by atoms with van der Waals surface area (Å²) in [4.78, 5) is 29.9. The van der Waals surface area contributed by atoms with E-state index < -0.39 is 0 Å². The molecule has 0 saturated carbocycles. The zero-order valence-corrected chi connectivity index (χ0v) is 24.2. The first-order chi connectivity index (χ1) is 19.4. The molecule has 5 rings (SSSR count). The van der Waals surface area contributed by atoms with Crippen molar-refractivity contribution < 1.29 is 14.3 Å². The summed E-state index contributed by atoms with van der Waals surface area (Å²) in [6.07, 6.45) is 0. The van der Waals surface area contributed by atoms with Crippen molar-refractivity contribution in [2.75, 3.05) is 32.5 Å². The van der Waals surface area contributed by atoms with E-state index in [4.69, 9.17) is 16.3 Å². The van der Waals surface area contributed by atoms with Crippen LogP contribution in [0.25, 0.3) is 17.1 Å². The molecule has 206 valence electrons. The smallest absolute Gasteiger partial charge is 0.255 e. The molecule has 0 radical (unpaired) electrons. The molecular weight excluding hydrogens is 546 g/mol. The lowest BCUT2D eigenvalue weighted by atomic mass is 10.1. The van der Waals surface area contributed by atoms with Crippen molar-refractivity contribution >= 4 is 35.2 Å². The number of rotatable bonds is 7. The third kappa shape index (κ3) is 5.85. The van der Waals surface area contributed by atoms with E-state index in [0.717, 1.165) is 22.6 Å². The van der Waals surface area contributed by atoms with Crippen molar-refractivity contribution in [1.29, 1.82) is 0 Å². The van der Waals surface area contributed by atoms with Crippen molar-refractivity contribution in [2.24, 2.45) is 0 Å². The molecule has 1 atom stereocenters. The molecule has 1 aliphatic heterocycles. The summed E-state index contributed by atoms with van der Waals surface area (Å²) in [7, 11) is 1.63. The van der Waals surface area contributed by atoms with Gasteiger partial charge >= 0.3 is 0 Å². The number of aromatic nitrogens is 3. The Morgan fingerprint density at radius 3 is 2.40 bits per heavy atom. The highest BCUT2D eigenvalue weighted by molar-refractivity contribution is 7.99. The Kier molecular flexibility index (Phi) is 8.42. The Labute approximate surface area is 242 Å². The highest BCUT2D eigenvalue weighted by atomic mass is 35.5. The highest BCUT2D eigenvalue weighted by Gasteiger charge is 2.31. The molecular formula is C30H30ClN5O3S. The Bertz CT molecular complexity index is 1510. The average molecular weight is 576 g/mol. The molecule has 10 heteroatoms. The van der Waals surface area contributed by atoms with Gasteiger partial charge in [0, 0.05) is 36.9 Å². The number of methoxy groups -OCH3 is 1. The molecule has 1 saturated heterocycles. The number of amides is 2. The third-order valence-electron chi connectivity index (χ3n) is 6.94. The molecule has 0 aliphatic carbocycles. The van der Waals surface area contributed by atoms with Crippen molar-refractivity contribution in [3.8, 4) is 22.8 Å². The number of halogens is 1. The fourth-order valence-electron chi connectivity index (χ4n) is 4.71. The molecule has 0 spiro atoms. The number of benzene rings is 3. The minimum Gasteiger partial charge on any atom is -0.497 e. The van der Waals surface area contributed by atoms with E-state index in [9.17, 15) is 9.59 Å². The second-order valence-electron chi connectivity index (χ2n) is 9.66. The van der Waals surface area contributed by atoms with Gasteiger partial charge in [-0.2, -0.15) is 0 Å². The van der Waals surface area contributed by atoms with Gasteiger partial charge in [0.15, 0.2) is 11.0 Å². The van der Waals surface area contributed by atoms with Gasteiger partial charge in [-0.1, -0.05) is 65.3 Å². The Morgan fingerprint density at radius 1 is 1.00 bits per heavy atom. The molecule has 0 N–H and O–H groups in total. The minimum absolute atomic E-state index is 0.0112. The highest BCUT2D eigenvalue weighted by Crippen LogP contribution is 2.30. The molecule has 4 aromatic rings. The van der Waals surface area contributed by atoms with Gasteiger partial charge in [-0.05, 0) is 50.2 Å². The topological polar surface area (TPSA) is 80.6 Å². The van der Waals surface area contributed by atoms with Crippen LogP contribution in [0.15, 0.2) is 78.0 Å². The number of ether oxygens (including phenoxy) is 1. The second kappa shape index (κ2) is 12.1. The molecule has 8 nitrogen and oxygen atoms in total. The van der Waals surface area contributed by atoms with E-state index in [1.54, 1.807) is 36.3 Å². The van der Waals surface area contributed by atoms with Crippen LogP contribution in [0.2, 0.25) is 5.02 Å². The number of hydrogen-bond donors (Lipinski definition) is 0. The van der Waals surface area contributed by atoms with E-state index in [2.05, 4.69) is 10.2 Å². The lowest BCUT2D eigenvalue weighted by molar-refractivity contribution is -0.130. The Balaban J connectivity index is 1.30. The lowest BCUT2D eigenvalue weighted by Crippen LogP contribution is -2.55. The third-order valence-corrected chi connectivity index (χ3v) is 8.19. The van der Waals surface area contributed by atoms with Gasteiger partial charge in [-0.25, -0.2) is 0 Å². The van der Waals surface area contributed by atoms with E-state index in [1.165, 1.54) is 11.8 Å². The van der Waals surface area contributed by atoms with Gasteiger partial charge < -0.3 is 14.5 Å². The van der Waals surface area contributed by atoms with Crippen molar-refractivity contribution in [3.63, 3.8) is 0 Å². The normalized spacial score (nSPS) is 15.2. The molecule has 1 aromatic heterocycles. The van der Waals surface area contributed by atoms with Crippen LogP contribution in [-0.2, 0) is 4.79 Å². The summed E-state index contributed by atoms with van der Waals surface area (Å²) < 4.78 is 7.29. The van der Waals surface area contributed by atoms with E-state index in [1.807, 2.05) is 71.8 Å². The van der Waals surface area contributed by atoms with E-state index >= 15 is 0 Å². The summed E-state index contributed by atoms with van der Waals surface area (Å²) >= 11 is 7.60. The SMILES string of the molecule is COc1ccc(-n2c(SCC(=O)N3CCN(C(=O)c4ccccc4Cl)C(C)C3)nnc2-c2ccc(C)cc2)cc1. The fraction of sp³-hybridized carbons (Fsp3) is 0.267. The summed E-state index contributed by atoms with van der Waals surface area (Å²) in [6.45, 7) is 5.35. The molecule has 3 aromatic carbocycles. The molecule has 2 amide bonds. The first-order valence-corrected chi connectivity index (χ1v) is 14.3. The maximum Gasteiger partial charge on any atom is 0.255 e. The molecule has 1 aliphatic rings. The van der Waals surface area contributed by atoms with E-state index in [0.29, 0.717) is 41.2 Å². The van der Waals surface area contributed by atoms with Gasteiger partial charge in [0.25, 0.3) is 5.91 Å². The van der Waals surface area contributed by atoms with Crippen molar-refractivity contribution in [1.82, 2.24) is 24.6 Å². The Hall–Kier alpha value is -3.82. The molecule has 1 unspecified atom stereocenters. The van der Waals surface area contributed by atoms with Crippen LogP contribution in [0.1, 0.15) is 22.8 Å². The number of hydrogen-bond acceptors (Lipinski definition) is 6. The van der Waals surface area contributed by atoms with Gasteiger partial charge in [0.2, 0.25) is 5.91 Å². The van der Waals surface area contributed by atoms with E-state index in [-0.39, 0.29) is 23.6 Å². The van der Waals surface area contributed by atoms with Crippen LogP contribution < -0.4 is 4.74 Å². The molecule has 40 heavy (non-hydrogen) atoms. The maximum absolute atomic E-state index is 13.3. The Morgan fingerprint density at radius 2 is 1.73 bits per heavy atom. The first kappa shape index (κ1) is 27.7. The molecule has 1 fully saturated rings. The molecule has 2 heterocycles. The van der Waals surface area contributed by atoms with Crippen molar-refractivity contribution in [2.45, 2.75) is 25.0 Å². The fourth-order valence-corrected chi connectivity index (χ4v) is 5.78. The van der Waals surface area contributed by atoms with Crippen LogP contribution in [0.4, 0.5) is 0 Å². The van der Waals surface area contributed by atoms with Crippen LogP contribution >= 0.6 is 23.4 Å². The van der Waals surface area contributed by atoms with Gasteiger partial charge in [0.05, 0.1) is 23.4 Å². The van der Waals surface area contributed by atoms with Crippen LogP contribution in [0.5, 0.6) is 5.75 Å². The number of aryl methyl sites for hydroxylation is 1. The number of thioether (sulfide) groups is 1. The monoisotopic (exact) mass is 575 g/mol. The summed E-state index contributed by atoms with van der Waals surface area (Å²) in [5.41, 5.74) is 3.44. The number of nitrogens with zero attached hydrogens (tertiary/aromatic N) is 5. The predicted octanol–water partition coefficient (Wildman–Crippen LogP) is 5.37. The summed E-state index contributed by atoms with van der Waals surface area (Å²) in [6, 6.07) is 22.7. The van der Waals surface area contributed by atoms with Crippen LogP contribution in [0, 0.1) is 6.92 Å². The maximum atomic E-state index is 13.3. The lowest BCUT2D eigenvalue weighted by Gasteiger charge is -2.40. The largest absolute Gasteiger partial charge is 0.497 e. The summed E-state index contributed by atoms with van der Waals surface area (Å²) in [5, 5.41) is 9.99. The summed E-state index contributed by atoms with van der Waals surface area (Å²) in [5.74, 6) is 1.52. The first-order valence-electron chi connectivity index (χ1n) is 13.0. The minimum atomic E-state index is -0.137. The van der Waals surface area contributed by atoms with Crippen LogP contribution in [-0.4, -0.2) is 74.9 Å². The predicted molar refractivity (Wildman–Crippen MR) is 157 cm³/mol. The van der Waals surface area contributed by atoms with Gasteiger partial charge in [-0.3, -0.25) is 14.2 Å². The van der Waals surface area contributed by atoms with Crippen molar-refractivity contribution in [3.05, 3.63) is 88.9 Å². The van der Waals surface area contributed by atoms with Gasteiger partial charge in [0.1, 0.15) is 5.75 Å². The quantitative estimate of drug-likeness (QED) is 0.276. The zero-order valence-electron chi connectivity index (χ0n) is 22.6. The van der Waals surface area contributed by atoms with Gasteiger partial charge in [-0.15, -0.1) is 10.2 Å². The second-order valence-corrected chi connectivity index (χ2v) is 11.0. The zero-order chi connectivity index (χ0) is 28.2. The molecule has 0 bridgehead atoms. The average Bonchev–Trinajstić information content (AvgIpc) is 3.40. The standard InChI is InChI=1S/C30H30ClN5O3S/c1-20-8-10-22(11-9-20)28-32-33-30(36(28)23-12-14-24(39-3)15-13-23)40-19-27(37)34-16-17-35(21(2)18-34)29(38)25-6-4-5-7-26(25)31/h4-15,21H,16-19H2,1-3H3. The number of piperazine rings is 1. The number of carbonyl (C=O) groups is 2. The van der Waals surface area contributed by atoms with Crippen LogP contribution in [0.3, 0.4) is 0 Å². The number of carbonyl (C=O) groups excluding carboxylic acids is 2.